The molecular formula is C19H22N2O2. The van der Waals surface area contributed by atoms with E-state index in [4.69, 9.17) is 4.74 Å². The normalized spacial score (nSPS) is 15.9. The molecule has 0 radical (unpaired) electrons. The number of hydrogen-bond acceptors (Lipinski definition) is 3. The Bertz CT molecular complexity index is 718. The van der Waals surface area contributed by atoms with Crippen molar-refractivity contribution < 1.29 is 9.53 Å². The highest BCUT2D eigenvalue weighted by atomic mass is 16.5. The van der Waals surface area contributed by atoms with Gasteiger partial charge in [0.05, 0.1) is 13.3 Å². The third-order valence-corrected chi connectivity index (χ3v) is 4.49. The first-order valence-corrected chi connectivity index (χ1v) is 8.18. The molecule has 1 aliphatic carbocycles. The largest absolute Gasteiger partial charge is 0.496 e. The first kappa shape index (κ1) is 15.5. The van der Waals surface area contributed by atoms with Crippen LogP contribution >= 0.6 is 0 Å². The van der Waals surface area contributed by atoms with Gasteiger partial charge >= 0.3 is 0 Å². The quantitative estimate of drug-likeness (QED) is 0.688. The smallest absolute Gasteiger partial charge is 0.243 e. The third kappa shape index (κ3) is 3.52. The Morgan fingerprint density at radius 2 is 1.87 bits per heavy atom. The van der Waals surface area contributed by atoms with Gasteiger partial charge in [-0.25, -0.2) is 5.43 Å². The minimum Gasteiger partial charge on any atom is -0.496 e. The third-order valence-electron chi connectivity index (χ3n) is 4.49. The van der Waals surface area contributed by atoms with E-state index in [-0.39, 0.29) is 11.8 Å². The molecule has 0 atom stereocenters. The Labute approximate surface area is 136 Å². The Morgan fingerprint density at radius 1 is 1.13 bits per heavy atom. The second-order valence-electron chi connectivity index (χ2n) is 5.97. The summed E-state index contributed by atoms with van der Waals surface area (Å²) < 4.78 is 5.39. The van der Waals surface area contributed by atoms with Crippen LogP contribution in [-0.4, -0.2) is 19.2 Å². The standard InChI is InChI=1S/C19H22N2O2/c1-23-18-12-11-15(16-9-5-6-10-17(16)18)13-20-21-19(22)14-7-3-2-4-8-14/h5-6,9-14H,2-4,7-8H2,1H3,(H,21,22)/b20-13+. The number of methoxy groups -OCH3 is 1. The lowest BCUT2D eigenvalue weighted by Gasteiger charge is -2.19. The number of hydrazone groups is 1. The van der Waals surface area contributed by atoms with Crippen LogP contribution in [0.4, 0.5) is 0 Å². The van der Waals surface area contributed by atoms with Gasteiger partial charge < -0.3 is 4.74 Å². The maximum Gasteiger partial charge on any atom is 0.243 e. The van der Waals surface area contributed by atoms with E-state index in [1.54, 1.807) is 13.3 Å². The molecule has 120 valence electrons. The monoisotopic (exact) mass is 310 g/mol. The average Bonchev–Trinajstić information content (AvgIpc) is 2.62. The summed E-state index contributed by atoms with van der Waals surface area (Å²) in [7, 11) is 1.67. The average molecular weight is 310 g/mol. The molecule has 1 N–H and O–H groups in total. The van der Waals surface area contributed by atoms with Gasteiger partial charge in [-0.15, -0.1) is 0 Å². The van der Waals surface area contributed by atoms with E-state index in [0.717, 1.165) is 47.8 Å². The molecule has 2 aromatic rings. The first-order chi connectivity index (χ1) is 11.3. The molecular weight excluding hydrogens is 288 g/mol. The first-order valence-electron chi connectivity index (χ1n) is 8.18. The van der Waals surface area contributed by atoms with Crippen LogP contribution in [0.3, 0.4) is 0 Å². The topological polar surface area (TPSA) is 50.7 Å². The van der Waals surface area contributed by atoms with Gasteiger partial charge in [0.15, 0.2) is 0 Å². The zero-order chi connectivity index (χ0) is 16.1. The number of fused-ring (bicyclic) bond motifs is 1. The van der Waals surface area contributed by atoms with E-state index in [0.29, 0.717) is 0 Å². The van der Waals surface area contributed by atoms with Crippen LogP contribution in [0.25, 0.3) is 10.8 Å². The predicted molar refractivity (Wildman–Crippen MR) is 92.8 cm³/mol. The molecule has 4 nitrogen and oxygen atoms in total. The lowest BCUT2D eigenvalue weighted by Crippen LogP contribution is -2.28. The van der Waals surface area contributed by atoms with Gasteiger partial charge in [-0.05, 0) is 30.4 Å². The summed E-state index contributed by atoms with van der Waals surface area (Å²) in [6.07, 6.45) is 7.20. The van der Waals surface area contributed by atoms with E-state index < -0.39 is 0 Å². The fourth-order valence-electron chi connectivity index (χ4n) is 3.21. The fourth-order valence-corrected chi connectivity index (χ4v) is 3.21. The van der Waals surface area contributed by atoms with Gasteiger partial charge in [0.1, 0.15) is 5.75 Å². The Morgan fingerprint density at radius 3 is 2.61 bits per heavy atom. The molecule has 0 heterocycles. The van der Waals surface area contributed by atoms with Crippen molar-refractivity contribution in [1.29, 1.82) is 0 Å². The Balaban J connectivity index is 1.75. The van der Waals surface area contributed by atoms with Gasteiger partial charge in [-0.3, -0.25) is 4.79 Å². The number of rotatable bonds is 4. The number of ether oxygens (including phenoxy) is 1. The minimum absolute atomic E-state index is 0.0405. The molecule has 0 aliphatic heterocycles. The van der Waals surface area contributed by atoms with E-state index in [2.05, 4.69) is 10.5 Å². The number of carbonyl (C=O) groups is 1. The lowest BCUT2D eigenvalue weighted by molar-refractivity contribution is -0.125. The van der Waals surface area contributed by atoms with Crippen molar-refractivity contribution in [1.82, 2.24) is 5.43 Å². The maximum atomic E-state index is 12.1. The highest BCUT2D eigenvalue weighted by Crippen LogP contribution is 2.27. The van der Waals surface area contributed by atoms with Crippen LogP contribution in [-0.2, 0) is 4.79 Å². The van der Waals surface area contributed by atoms with Gasteiger partial charge in [0, 0.05) is 16.9 Å². The summed E-state index contributed by atoms with van der Waals surface area (Å²) in [5.74, 6) is 0.997. The van der Waals surface area contributed by atoms with Crippen LogP contribution in [0.2, 0.25) is 0 Å². The van der Waals surface area contributed by atoms with Crippen molar-refractivity contribution >= 4 is 22.9 Å². The number of hydrogen-bond donors (Lipinski definition) is 1. The van der Waals surface area contributed by atoms with E-state index in [1.165, 1.54) is 6.42 Å². The van der Waals surface area contributed by atoms with Crippen molar-refractivity contribution in [2.45, 2.75) is 32.1 Å². The summed E-state index contributed by atoms with van der Waals surface area (Å²) in [4.78, 5) is 12.1. The molecule has 3 rings (SSSR count). The van der Waals surface area contributed by atoms with Crippen LogP contribution in [0.1, 0.15) is 37.7 Å². The fraction of sp³-hybridized carbons (Fsp3) is 0.368. The van der Waals surface area contributed by atoms with Crippen molar-refractivity contribution in [3.05, 3.63) is 42.0 Å². The van der Waals surface area contributed by atoms with E-state index >= 15 is 0 Å². The van der Waals surface area contributed by atoms with Crippen molar-refractivity contribution in [2.24, 2.45) is 11.0 Å². The van der Waals surface area contributed by atoms with Gasteiger partial charge in [-0.1, -0.05) is 43.5 Å². The molecule has 0 bridgehead atoms. The summed E-state index contributed by atoms with van der Waals surface area (Å²) in [6.45, 7) is 0. The van der Waals surface area contributed by atoms with Crippen LogP contribution in [0.15, 0.2) is 41.5 Å². The number of nitrogens with zero attached hydrogens (tertiary/aromatic N) is 1. The number of nitrogens with one attached hydrogen (secondary N) is 1. The molecule has 1 saturated carbocycles. The molecule has 0 aromatic heterocycles. The second-order valence-corrected chi connectivity index (χ2v) is 5.97. The number of carbonyl (C=O) groups excluding carboxylic acids is 1. The molecule has 1 fully saturated rings. The highest BCUT2D eigenvalue weighted by Gasteiger charge is 2.20. The Kier molecular flexibility index (Phi) is 4.91. The maximum absolute atomic E-state index is 12.1. The van der Waals surface area contributed by atoms with Crippen molar-refractivity contribution in [3.63, 3.8) is 0 Å². The molecule has 1 aliphatic rings. The molecule has 4 heteroatoms. The zero-order valence-corrected chi connectivity index (χ0v) is 13.4. The van der Waals surface area contributed by atoms with Crippen LogP contribution < -0.4 is 10.2 Å². The number of benzene rings is 2. The molecule has 23 heavy (non-hydrogen) atoms. The van der Waals surface area contributed by atoms with Crippen LogP contribution in [0, 0.1) is 5.92 Å². The second kappa shape index (κ2) is 7.27. The van der Waals surface area contributed by atoms with Gasteiger partial charge in [-0.2, -0.15) is 5.10 Å². The van der Waals surface area contributed by atoms with E-state index in [1.807, 2.05) is 36.4 Å². The number of amides is 1. The van der Waals surface area contributed by atoms with Gasteiger partial charge in [0.25, 0.3) is 0 Å². The summed E-state index contributed by atoms with van der Waals surface area (Å²) in [6, 6.07) is 11.9. The highest BCUT2D eigenvalue weighted by molar-refractivity contribution is 6.02. The Hall–Kier alpha value is -2.36. The molecule has 0 spiro atoms. The zero-order valence-electron chi connectivity index (χ0n) is 13.4. The summed E-state index contributed by atoms with van der Waals surface area (Å²) >= 11 is 0. The minimum atomic E-state index is 0.0405. The molecule has 0 saturated heterocycles. The molecule has 0 unspecified atom stereocenters. The van der Waals surface area contributed by atoms with E-state index in [9.17, 15) is 4.79 Å². The molecule has 2 aromatic carbocycles. The van der Waals surface area contributed by atoms with Crippen molar-refractivity contribution in [2.75, 3.05) is 7.11 Å². The van der Waals surface area contributed by atoms with Gasteiger partial charge in [0.2, 0.25) is 5.91 Å². The summed E-state index contributed by atoms with van der Waals surface area (Å²) in [5, 5.41) is 6.25. The lowest BCUT2D eigenvalue weighted by atomic mass is 9.89. The predicted octanol–water partition coefficient (Wildman–Crippen LogP) is 3.88. The van der Waals surface area contributed by atoms with Crippen LogP contribution in [0.5, 0.6) is 5.75 Å². The SMILES string of the molecule is COc1ccc(/C=N/NC(=O)C2CCCCC2)c2ccccc12. The molecule has 1 amide bonds. The summed E-state index contributed by atoms with van der Waals surface area (Å²) in [5.41, 5.74) is 3.66. The van der Waals surface area contributed by atoms with Crippen molar-refractivity contribution in [3.8, 4) is 5.75 Å².